The van der Waals surface area contributed by atoms with Gasteiger partial charge in [-0.15, -0.1) is 10.2 Å². The third-order valence-electron chi connectivity index (χ3n) is 3.95. The molecule has 0 radical (unpaired) electrons. The average molecular weight is 361 g/mol. The summed E-state index contributed by atoms with van der Waals surface area (Å²) in [5.74, 6) is 0.309. The van der Waals surface area contributed by atoms with Crippen LogP contribution in [0.5, 0.6) is 0 Å². The summed E-state index contributed by atoms with van der Waals surface area (Å²) in [5.41, 5.74) is 2.02. The molecule has 134 valence electrons. The highest BCUT2D eigenvalue weighted by Gasteiger charge is 2.11. The Labute approximate surface area is 153 Å². The fraction of sp³-hybridized carbons (Fsp3) is 0.105. The smallest absolute Gasteiger partial charge is 0.336 e. The first kappa shape index (κ1) is 16.6. The number of amides is 1. The number of rotatable bonds is 4. The predicted molar refractivity (Wildman–Crippen MR) is 99.1 cm³/mol. The van der Waals surface area contributed by atoms with Gasteiger partial charge in [-0.25, -0.2) is 4.79 Å². The second kappa shape index (κ2) is 6.83. The van der Waals surface area contributed by atoms with Gasteiger partial charge in [-0.3, -0.25) is 4.79 Å². The Hall–Kier alpha value is -3.81. The van der Waals surface area contributed by atoms with Crippen molar-refractivity contribution in [1.82, 2.24) is 20.2 Å². The van der Waals surface area contributed by atoms with Gasteiger partial charge in [0.1, 0.15) is 5.58 Å². The normalized spacial score (nSPS) is 10.9. The van der Waals surface area contributed by atoms with Gasteiger partial charge < -0.3 is 9.73 Å². The summed E-state index contributed by atoms with van der Waals surface area (Å²) in [4.78, 5) is 24.6. The van der Waals surface area contributed by atoms with Crippen molar-refractivity contribution >= 4 is 22.6 Å². The van der Waals surface area contributed by atoms with E-state index in [4.69, 9.17) is 4.42 Å². The second-order valence-corrected chi connectivity index (χ2v) is 5.99. The molecule has 0 bridgehead atoms. The van der Waals surface area contributed by atoms with Crippen LogP contribution in [0.3, 0.4) is 0 Å². The van der Waals surface area contributed by atoms with Crippen molar-refractivity contribution in [2.45, 2.75) is 13.5 Å². The Kier molecular flexibility index (Phi) is 4.21. The van der Waals surface area contributed by atoms with Crippen LogP contribution < -0.4 is 10.9 Å². The number of nitrogens with one attached hydrogen (secondary N) is 1. The monoisotopic (exact) mass is 361 g/mol. The van der Waals surface area contributed by atoms with E-state index in [1.54, 1.807) is 18.2 Å². The number of tetrazole rings is 1. The van der Waals surface area contributed by atoms with E-state index in [0.717, 1.165) is 10.9 Å². The fourth-order valence-corrected chi connectivity index (χ4v) is 2.81. The van der Waals surface area contributed by atoms with E-state index in [-0.39, 0.29) is 12.5 Å². The minimum Gasteiger partial charge on any atom is -0.423 e. The molecule has 0 unspecified atom stereocenters. The quantitative estimate of drug-likeness (QED) is 0.560. The largest absolute Gasteiger partial charge is 0.423 e. The Morgan fingerprint density at radius 1 is 1.15 bits per heavy atom. The Bertz CT molecular complexity index is 1180. The molecule has 4 rings (SSSR count). The molecule has 4 aromatic rings. The first-order valence-electron chi connectivity index (χ1n) is 8.26. The number of hydrogen-bond acceptors (Lipinski definition) is 6. The number of anilines is 1. The van der Waals surface area contributed by atoms with E-state index in [9.17, 15) is 9.59 Å². The molecule has 8 heteroatoms. The topological polar surface area (TPSA) is 103 Å². The van der Waals surface area contributed by atoms with Crippen molar-refractivity contribution < 1.29 is 9.21 Å². The molecule has 8 nitrogen and oxygen atoms in total. The predicted octanol–water partition coefficient (Wildman–Crippen LogP) is 2.45. The summed E-state index contributed by atoms with van der Waals surface area (Å²) in [6.45, 7) is 1.68. The number of benzene rings is 2. The molecule has 2 aromatic carbocycles. The highest BCUT2D eigenvalue weighted by molar-refractivity contribution is 5.92. The summed E-state index contributed by atoms with van der Waals surface area (Å²) in [6.07, 6.45) is 0. The van der Waals surface area contributed by atoms with E-state index in [1.807, 2.05) is 30.3 Å². The van der Waals surface area contributed by atoms with E-state index in [2.05, 4.69) is 20.7 Å². The van der Waals surface area contributed by atoms with Crippen molar-refractivity contribution in [1.29, 1.82) is 0 Å². The zero-order chi connectivity index (χ0) is 18.8. The number of fused-ring (bicyclic) bond motifs is 1. The lowest BCUT2D eigenvalue weighted by molar-refractivity contribution is -0.114. The van der Waals surface area contributed by atoms with Crippen molar-refractivity contribution in [3.63, 3.8) is 0 Å². The van der Waals surface area contributed by atoms with Crippen molar-refractivity contribution in [2.75, 3.05) is 5.32 Å². The van der Waals surface area contributed by atoms with Crippen molar-refractivity contribution in [2.24, 2.45) is 0 Å². The fourth-order valence-electron chi connectivity index (χ4n) is 2.81. The number of carbonyl (C=O) groups excluding carboxylic acids is 1. The molecule has 1 amide bonds. The molecule has 0 spiro atoms. The van der Waals surface area contributed by atoms with Crippen LogP contribution in [0.2, 0.25) is 0 Å². The van der Waals surface area contributed by atoms with Gasteiger partial charge in [-0.1, -0.05) is 30.3 Å². The van der Waals surface area contributed by atoms with Crippen molar-refractivity contribution in [3.05, 3.63) is 70.6 Å². The van der Waals surface area contributed by atoms with E-state index in [1.165, 1.54) is 17.8 Å². The van der Waals surface area contributed by atoms with Crippen molar-refractivity contribution in [3.8, 4) is 11.4 Å². The Morgan fingerprint density at radius 3 is 2.74 bits per heavy atom. The molecule has 1 N–H and O–H groups in total. The van der Waals surface area contributed by atoms with Gasteiger partial charge in [0.15, 0.2) is 0 Å². The summed E-state index contributed by atoms with van der Waals surface area (Å²) in [5, 5.41) is 15.9. The molecular weight excluding hydrogens is 346 g/mol. The third kappa shape index (κ3) is 3.59. The van der Waals surface area contributed by atoms with Gasteiger partial charge in [0.25, 0.3) is 0 Å². The number of aromatic nitrogens is 4. The van der Waals surface area contributed by atoms with Crippen LogP contribution in [0.15, 0.2) is 63.8 Å². The SMILES string of the molecule is CC(=O)Nc1ccc2c(Cn3nnc(-c4ccccc4)n3)cc(=O)oc2c1. The van der Waals surface area contributed by atoms with Gasteiger partial charge >= 0.3 is 5.63 Å². The minimum atomic E-state index is -0.485. The average Bonchev–Trinajstić information content (AvgIpc) is 3.10. The van der Waals surface area contributed by atoms with Crippen LogP contribution in [0.25, 0.3) is 22.4 Å². The van der Waals surface area contributed by atoms with E-state index in [0.29, 0.717) is 22.7 Å². The maximum absolute atomic E-state index is 11.9. The second-order valence-electron chi connectivity index (χ2n) is 5.99. The van der Waals surface area contributed by atoms with Crippen LogP contribution in [-0.2, 0) is 11.3 Å². The molecule has 0 saturated carbocycles. The maximum Gasteiger partial charge on any atom is 0.336 e. The lowest BCUT2D eigenvalue weighted by atomic mass is 10.1. The highest BCUT2D eigenvalue weighted by atomic mass is 16.4. The number of carbonyl (C=O) groups is 1. The number of nitrogens with zero attached hydrogens (tertiary/aromatic N) is 4. The summed E-state index contributed by atoms with van der Waals surface area (Å²) in [7, 11) is 0. The zero-order valence-electron chi connectivity index (χ0n) is 14.4. The van der Waals surface area contributed by atoms with E-state index >= 15 is 0 Å². The number of hydrogen-bond donors (Lipinski definition) is 1. The van der Waals surface area contributed by atoms with Crippen LogP contribution in [0, 0.1) is 0 Å². The molecule has 0 saturated heterocycles. The molecular formula is C19H15N5O3. The van der Waals surface area contributed by atoms with Crippen LogP contribution in [-0.4, -0.2) is 26.1 Å². The zero-order valence-corrected chi connectivity index (χ0v) is 14.4. The van der Waals surface area contributed by atoms with Gasteiger partial charge in [0, 0.05) is 35.7 Å². The van der Waals surface area contributed by atoms with Gasteiger partial charge in [-0.2, -0.15) is 4.80 Å². The third-order valence-corrected chi connectivity index (χ3v) is 3.95. The van der Waals surface area contributed by atoms with Gasteiger partial charge in [-0.05, 0) is 22.9 Å². The molecule has 0 aliphatic carbocycles. The lowest BCUT2D eigenvalue weighted by Crippen LogP contribution is -2.09. The first-order valence-corrected chi connectivity index (χ1v) is 8.26. The van der Waals surface area contributed by atoms with Crippen LogP contribution >= 0.6 is 0 Å². The lowest BCUT2D eigenvalue weighted by Gasteiger charge is -2.07. The van der Waals surface area contributed by atoms with Crippen LogP contribution in [0.4, 0.5) is 5.69 Å². The maximum atomic E-state index is 11.9. The Balaban J connectivity index is 1.69. The minimum absolute atomic E-state index is 0.201. The summed E-state index contributed by atoms with van der Waals surface area (Å²) in [6, 6.07) is 16.1. The highest BCUT2D eigenvalue weighted by Crippen LogP contribution is 2.22. The molecule has 0 aliphatic heterocycles. The standard InChI is InChI=1S/C19H15N5O3/c1-12(25)20-15-7-8-16-14(9-18(26)27-17(16)10-15)11-24-22-19(21-23-24)13-5-3-2-4-6-13/h2-10H,11H2,1H3,(H,20,25). The molecule has 0 aliphatic rings. The molecule has 2 heterocycles. The van der Waals surface area contributed by atoms with Crippen LogP contribution in [0.1, 0.15) is 12.5 Å². The molecule has 0 fully saturated rings. The summed E-state index contributed by atoms with van der Waals surface area (Å²) < 4.78 is 5.26. The van der Waals surface area contributed by atoms with Gasteiger partial charge in [0.05, 0.1) is 6.54 Å². The Morgan fingerprint density at radius 2 is 1.96 bits per heavy atom. The molecule has 0 atom stereocenters. The molecule has 27 heavy (non-hydrogen) atoms. The summed E-state index contributed by atoms with van der Waals surface area (Å²) >= 11 is 0. The first-order chi connectivity index (χ1) is 13.1. The van der Waals surface area contributed by atoms with Gasteiger partial charge in [0.2, 0.25) is 11.7 Å². The van der Waals surface area contributed by atoms with E-state index < -0.39 is 5.63 Å². The molecule has 2 aromatic heterocycles.